The fourth-order valence-corrected chi connectivity index (χ4v) is 2.09. The number of hydrogen-bond acceptors (Lipinski definition) is 3. The maximum atomic E-state index is 5.84. The molecule has 98 valence electrons. The van der Waals surface area contributed by atoms with Crippen molar-refractivity contribution in [3.8, 4) is 0 Å². The fourth-order valence-electron chi connectivity index (χ4n) is 2.09. The zero-order valence-electron chi connectivity index (χ0n) is 11.8. The van der Waals surface area contributed by atoms with Crippen LogP contribution >= 0.6 is 0 Å². The predicted octanol–water partition coefficient (Wildman–Crippen LogP) is 2.48. The Kier molecular flexibility index (Phi) is 3.57. The van der Waals surface area contributed by atoms with Crippen LogP contribution in [0.5, 0.6) is 0 Å². The lowest BCUT2D eigenvalue weighted by atomic mass is 10.2. The van der Waals surface area contributed by atoms with Gasteiger partial charge in [0, 0.05) is 5.69 Å². The molecule has 0 saturated heterocycles. The van der Waals surface area contributed by atoms with E-state index in [1.807, 2.05) is 18.7 Å². The molecule has 0 aliphatic rings. The van der Waals surface area contributed by atoms with Gasteiger partial charge in [-0.2, -0.15) is 5.10 Å². The highest BCUT2D eigenvalue weighted by Crippen LogP contribution is 2.18. The summed E-state index contributed by atoms with van der Waals surface area (Å²) in [5.41, 5.74) is 4.74. The maximum Gasteiger partial charge on any atom is 0.126 e. The average molecular weight is 247 g/mol. The van der Waals surface area contributed by atoms with E-state index in [-0.39, 0.29) is 0 Å². The number of furan rings is 1. The number of nitrogens with one attached hydrogen (secondary N) is 1. The van der Waals surface area contributed by atoms with Gasteiger partial charge in [0.15, 0.2) is 0 Å². The molecule has 1 N–H and O–H groups in total. The Morgan fingerprint density at radius 2 is 2.00 bits per heavy atom. The highest BCUT2D eigenvalue weighted by molar-refractivity contribution is 5.24. The minimum Gasteiger partial charge on any atom is -0.462 e. The summed E-state index contributed by atoms with van der Waals surface area (Å²) in [4.78, 5) is 0. The van der Waals surface area contributed by atoms with Crippen molar-refractivity contribution in [1.82, 2.24) is 15.1 Å². The van der Waals surface area contributed by atoms with E-state index in [9.17, 15) is 0 Å². The second kappa shape index (κ2) is 4.98. The van der Waals surface area contributed by atoms with Gasteiger partial charge in [-0.15, -0.1) is 0 Å². The molecule has 0 amide bonds. The van der Waals surface area contributed by atoms with E-state index < -0.39 is 0 Å². The van der Waals surface area contributed by atoms with E-state index in [2.05, 4.69) is 37.3 Å². The minimum atomic E-state index is 0.699. The smallest absolute Gasteiger partial charge is 0.126 e. The van der Waals surface area contributed by atoms with Crippen LogP contribution < -0.4 is 5.32 Å². The van der Waals surface area contributed by atoms with Crippen LogP contribution in [0.15, 0.2) is 10.5 Å². The molecule has 4 heteroatoms. The zero-order valence-corrected chi connectivity index (χ0v) is 11.8. The second-order valence-electron chi connectivity index (χ2n) is 4.80. The van der Waals surface area contributed by atoms with Crippen molar-refractivity contribution in [1.29, 1.82) is 0 Å². The summed E-state index contributed by atoms with van der Waals surface area (Å²) in [7, 11) is 1.92. The van der Waals surface area contributed by atoms with Gasteiger partial charge in [-0.1, -0.05) is 0 Å². The topological polar surface area (TPSA) is 43.0 Å². The van der Waals surface area contributed by atoms with Crippen LogP contribution in [0, 0.1) is 27.7 Å². The Bertz CT molecular complexity index is 552. The molecular weight excluding hydrogens is 226 g/mol. The number of rotatable bonds is 4. The van der Waals surface area contributed by atoms with Gasteiger partial charge in [0.1, 0.15) is 11.5 Å². The molecule has 0 aromatic carbocycles. The minimum absolute atomic E-state index is 0.699. The first-order valence-electron chi connectivity index (χ1n) is 6.26. The predicted molar refractivity (Wildman–Crippen MR) is 71.7 cm³/mol. The number of aromatic nitrogens is 2. The molecule has 4 nitrogen and oxygen atoms in total. The first-order chi connectivity index (χ1) is 8.52. The van der Waals surface area contributed by atoms with Crippen molar-refractivity contribution in [3.63, 3.8) is 0 Å². The number of nitrogens with zero attached hydrogens (tertiary/aromatic N) is 2. The molecule has 18 heavy (non-hydrogen) atoms. The normalized spacial score (nSPS) is 11.2. The van der Waals surface area contributed by atoms with Gasteiger partial charge in [0.25, 0.3) is 0 Å². The molecule has 2 aromatic heterocycles. The zero-order chi connectivity index (χ0) is 13.3. The Labute approximate surface area is 108 Å². The number of hydrogen-bond donors (Lipinski definition) is 1. The molecule has 0 aliphatic carbocycles. The van der Waals surface area contributed by atoms with E-state index in [1.54, 1.807) is 0 Å². The summed E-state index contributed by atoms with van der Waals surface area (Å²) >= 11 is 0. The van der Waals surface area contributed by atoms with Crippen molar-refractivity contribution in [2.24, 2.45) is 0 Å². The van der Waals surface area contributed by atoms with Crippen molar-refractivity contribution in [2.45, 2.75) is 40.8 Å². The van der Waals surface area contributed by atoms with Crippen molar-refractivity contribution in [3.05, 3.63) is 40.1 Å². The van der Waals surface area contributed by atoms with Gasteiger partial charge < -0.3 is 9.73 Å². The molecule has 2 aromatic rings. The van der Waals surface area contributed by atoms with E-state index >= 15 is 0 Å². The number of aryl methyl sites for hydroxylation is 2. The lowest BCUT2D eigenvalue weighted by molar-refractivity contribution is 0.432. The Morgan fingerprint density at radius 3 is 2.56 bits per heavy atom. The average Bonchev–Trinajstić information content (AvgIpc) is 2.77. The quantitative estimate of drug-likeness (QED) is 0.902. The molecule has 0 aliphatic heterocycles. The fraction of sp³-hybridized carbons (Fsp3) is 0.500. The Hall–Kier alpha value is -1.55. The van der Waals surface area contributed by atoms with Gasteiger partial charge in [0.05, 0.1) is 18.8 Å². The van der Waals surface area contributed by atoms with Crippen molar-refractivity contribution in [2.75, 3.05) is 7.05 Å². The summed E-state index contributed by atoms with van der Waals surface area (Å²) < 4.78 is 7.85. The SMILES string of the molecule is CNCc1oc(Cn2nc(C)c(C)c2C)cc1C. The van der Waals surface area contributed by atoms with Gasteiger partial charge in [-0.3, -0.25) is 4.68 Å². The highest BCUT2D eigenvalue weighted by atomic mass is 16.3. The summed E-state index contributed by atoms with van der Waals surface area (Å²) in [6.07, 6.45) is 0. The monoisotopic (exact) mass is 247 g/mol. The molecule has 2 rings (SSSR count). The second-order valence-corrected chi connectivity index (χ2v) is 4.80. The van der Waals surface area contributed by atoms with Gasteiger partial charge in [0.2, 0.25) is 0 Å². The Morgan fingerprint density at radius 1 is 1.28 bits per heavy atom. The van der Waals surface area contributed by atoms with Gasteiger partial charge in [-0.05, 0) is 51.9 Å². The van der Waals surface area contributed by atoms with Crippen LogP contribution in [0.1, 0.15) is 34.0 Å². The third kappa shape index (κ3) is 2.34. The van der Waals surface area contributed by atoms with Crippen LogP contribution in [0.4, 0.5) is 0 Å². The third-order valence-electron chi connectivity index (χ3n) is 3.46. The van der Waals surface area contributed by atoms with Gasteiger partial charge >= 0.3 is 0 Å². The van der Waals surface area contributed by atoms with Crippen LogP contribution in [0.3, 0.4) is 0 Å². The molecule has 0 unspecified atom stereocenters. The Balaban J connectivity index is 2.23. The first-order valence-corrected chi connectivity index (χ1v) is 6.26. The largest absolute Gasteiger partial charge is 0.462 e. The summed E-state index contributed by atoms with van der Waals surface area (Å²) in [6.45, 7) is 9.78. The lowest BCUT2D eigenvalue weighted by Gasteiger charge is -2.02. The van der Waals surface area contributed by atoms with E-state index in [4.69, 9.17) is 4.42 Å². The van der Waals surface area contributed by atoms with E-state index in [1.165, 1.54) is 16.8 Å². The van der Waals surface area contributed by atoms with Crippen LogP contribution in [0.25, 0.3) is 0 Å². The summed E-state index contributed by atoms with van der Waals surface area (Å²) in [6, 6.07) is 2.10. The van der Waals surface area contributed by atoms with Gasteiger partial charge in [-0.25, -0.2) is 0 Å². The molecule has 0 atom stereocenters. The molecule has 0 spiro atoms. The van der Waals surface area contributed by atoms with E-state index in [0.29, 0.717) is 6.54 Å². The van der Waals surface area contributed by atoms with Crippen molar-refractivity contribution < 1.29 is 4.42 Å². The molecular formula is C14H21N3O. The van der Waals surface area contributed by atoms with Crippen LogP contribution in [-0.4, -0.2) is 16.8 Å². The molecule has 0 saturated carbocycles. The molecule has 2 heterocycles. The van der Waals surface area contributed by atoms with Crippen molar-refractivity contribution >= 4 is 0 Å². The van der Waals surface area contributed by atoms with Crippen LogP contribution in [0.2, 0.25) is 0 Å². The third-order valence-corrected chi connectivity index (χ3v) is 3.46. The summed E-state index contributed by atoms with van der Waals surface area (Å²) in [5.74, 6) is 1.97. The molecule has 0 bridgehead atoms. The van der Waals surface area contributed by atoms with E-state index in [0.717, 1.165) is 23.8 Å². The van der Waals surface area contributed by atoms with Crippen LogP contribution in [-0.2, 0) is 13.1 Å². The standard InChI is InChI=1S/C14H21N3O/c1-9-6-13(18-14(9)7-15-5)8-17-12(4)10(2)11(3)16-17/h6,15H,7-8H2,1-5H3. The first kappa shape index (κ1) is 12.9. The molecule has 0 fully saturated rings. The molecule has 0 radical (unpaired) electrons. The summed E-state index contributed by atoms with van der Waals surface area (Å²) in [5, 5.41) is 7.64. The highest BCUT2D eigenvalue weighted by Gasteiger charge is 2.11. The lowest BCUT2D eigenvalue weighted by Crippen LogP contribution is -2.05. The maximum absolute atomic E-state index is 5.84.